The number of carbonyl (C=O) groups excluding carboxylic acids is 1. The highest BCUT2D eigenvalue weighted by Crippen LogP contribution is 2.31. The van der Waals surface area contributed by atoms with E-state index in [9.17, 15) is 23.1 Å². The molecule has 4 rings (SSSR count). The van der Waals surface area contributed by atoms with Gasteiger partial charge in [0.2, 0.25) is 5.88 Å². The normalized spacial score (nSPS) is 18.2. The summed E-state index contributed by atoms with van der Waals surface area (Å²) >= 11 is 0. The van der Waals surface area contributed by atoms with Gasteiger partial charge in [0.1, 0.15) is 36.8 Å². The molecule has 0 unspecified atom stereocenters. The second-order valence-electron chi connectivity index (χ2n) is 9.41. The summed E-state index contributed by atoms with van der Waals surface area (Å²) in [6.07, 6.45) is -1.31. The lowest BCUT2D eigenvalue weighted by atomic mass is 9.94. The molecule has 3 aromatic rings. The van der Waals surface area contributed by atoms with Gasteiger partial charge in [0.15, 0.2) is 0 Å². The molecule has 1 aliphatic rings. The molecule has 2 aromatic carbocycles. The van der Waals surface area contributed by atoms with Gasteiger partial charge < -0.3 is 19.9 Å². The van der Waals surface area contributed by atoms with Crippen molar-refractivity contribution in [3.63, 3.8) is 0 Å². The molecule has 0 saturated carbocycles. The molecule has 0 spiro atoms. The largest absolute Gasteiger partial charge is 0.473 e. The number of hydrogen-bond acceptors (Lipinski definition) is 6. The number of aromatic nitrogens is 2. The molecule has 2 amide bonds. The van der Waals surface area contributed by atoms with Crippen LogP contribution in [0.15, 0.2) is 48.5 Å². The molecule has 210 valence electrons. The van der Waals surface area contributed by atoms with Crippen molar-refractivity contribution in [2.24, 2.45) is 0 Å². The van der Waals surface area contributed by atoms with Gasteiger partial charge in [-0.3, -0.25) is 10.2 Å². The van der Waals surface area contributed by atoms with Crippen LogP contribution in [-0.2, 0) is 4.74 Å². The van der Waals surface area contributed by atoms with E-state index in [0.717, 1.165) is 6.07 Å². The van der Waals surface area contributed by atoms with Crippen LogP contribution in [-0.4, -0.2) is 84.6 Å². The third-order valence-corrected chi connectivity index (χ3v) is 6.54. The Morgan fingerprint density at radius 1 is 1.18 bits per heavy atom. The van der Waals surface area contributed by atoms with Crippen LogP contribution < -0.4 is 15.4 Å². The molecule has 3 atom stereocenters. The minimum atomic E-state index is -1.31. The van der Waals surface area contributed by atoms with Crippen molar-refractivity contribution in [3.8, 4) is 11.6 Å². The van der Waals surface area contributed by atoms with Crippen LogP contribution >= 0.6 is 0 Å². The summed E-state index contributed by atoms with van der Waals surface area (Å²) in [6, 6.07) is 11.4. The number of para-hydroxylation sites is 1. The molecule has 12 heteroatoms. The number of carbonyl (C=O) groups is 1. The maximum atomic E-state index is 14.0. The zero-order valence-corrected chi connectivity index (χ0v) is 21.7. The van der Waals surface area contributed by atoms with Gasteiger partial charge in [-0.1, -0.05) is 18.2 Å². The monoisotopic (exact) mass is 547 g/mol. The molecule has 1 aliphatic heterocycles. The predicted octanol–water partition coefficient (Wildman–Crippen LogP) is 3.40. The van der Waals surface area contributed by atoms with Gasteiger partial charge in [-0.05, 0) is 36.8 Å². The number of alkyl halides is 1. The van der Waals surface area contributed by atoms with Gasteiger partial charge in [0.05, 0.1) is 23.9 Å². The van der Waals surface area contributed by atoms with Crippen LogP contribution in [0.4, 0.5) is 23.8 Å². The summed E-state index contributed by atoms with van der Waals surface area (Å²) in [4.78, 5) is 15.3. The molecular weight excluding hydrogens is 515 g/mol. The smallest absolute Gasteiger partial charge is 0.320 e. The number of methoxy groups -OCH3 is 1. The van der Waals surface area contributed by atoms with Crippen molar-refractivity contribution in [1.82, 2.24) is 20.0 Å². The zero-order chi connectivity index (χ0) is 27.9. The van der Waals surface area contributed by atoms with Gasteiger partial charge in [-0.15, -0.1) is 5.10 Å². The lowest BCUT2D eigenvalue weighted by Crippen LogP contribution is -2.42. The number of urea groups is 1. The second-order valence-corrected chi connectivity index (χ2v) is 9.41. The summed E-state index contributed by atoms with van der Waals surface area (Å²) in [5.74, 6) is -1.29. The van der Waals surface area contributed by atoms with Crippen molar-refractivity contribution >= 4 is 11.8 Å². The molecule has 0 radical (unpaired) electrons. The number of aliphatic hydroxyl groups is 1. The molecule has 9 nitrogen and oxygen atoms in total. The molecule has 0 aliphatic carbocycles. The number of halogens is 3. The zero-order valence-electron chi connectivity index (χ0n) is 21.7. The summed E-state index contributed by atoms with van der Waals surface area (Å²) in [7, 11) is 1.59. The van der Waals surface area contributed by atoms with Crippen LogP contribution in [0.25, 0.3) is 5.69 Å². The van der Waals surface area contributed by atoms with Crippen molar-refractivity contribution in [1.29, 1.82) is 0 Å². The topological polar surface area (TPSA) is 101 Å². The second kappa shape index (κ2) is 13.0. The molecule has 1 aromatic heterocycles. The third-order valence-electron chi connectivity index (χ3n) is 6.54. The number of anilines is 1. The third kappa shape index (κ3) is 7.08. The molecule has 3 N–H and O–H groups in total. The minimum Gasteiger partial charge on any atom is -0.473 e. The minimum absolute atomic E-state index is 0.126. The average Bonchev–Trinajstić information content (AvgIpc) is 3.46. The van der Waals surface area contributed by atoms with Crippen molar-refractivity contribution in [2.45, 2.75) is 25.0 Å². The number of likely N-dealkylation sites (tertiary alicyclic amines) is 1. The molecule has 1 fully saturated rings. The van der Waals surface area contributed by atoms with Crippen molar-refractivity contribution < 1.29 is 32.5 Å². The maximum absolute atomic E-state index is 14.0. The fourth-order valence-corrected chi connectivity index (χ4v) is 4.61. The van der Waals surface area contributed by atoms with E-state index < -0.39 is 36.5 Å². The number of nitrogens with zero attached hydrogens (tertiary/aromatic N) is 3. The first-order chi connectivity index (χ1) is 18.8. The van der Waals surface area contributed by atoms with E-state index in [1.54, 1.807) is 38.3 Å². The van der Waals surface area contributed by atoms with Crippen LogP contribution in [0.5, 0.6) is 5.88 Å². The van der Waals surface area contributed by atoms with Crippen LogP contribution in [0, 0.1) is 18.6 Å². The number of rotatable bonds is 11. The highest BCUT2D eigenvalue weighted by Gasteiger charge is 2.35. The Morgan fingerprint density at radius 2 is 1.90 bits per heavy atom. The van der Waals surface area contributed by atoms with Crippen LogP contribution in [0.2, 0.25) is 0 Å². The summed E-state index contributed by atoms with van der Waals surface area (Å²) in [6.45, 7) is 2.40. The Balaban J connectivity index is 1.57. The van der Waals surface area contributed by atoms with Gasteiger partial charge in [-0.2, -0.15) is 0 Å². The van der Waals surface area contributed by atoms with Crippen LogP contribution in [0.3, 0.4) is 0 Å². The molecule has 39 heavy (non-hydrogen) atoms. The van der Waals surface area contributed by atoms with Gasteiger partial charge >= 0.3 is 6.03 Å². The Hall–Kier alpha value is -3.61. The lowest BCUT2D eigenvalue weighted by Gasteiger charge is -2.21. The highest BCUT2D eigenvalue weighted by molar-refractivity contribution is 5.90. The van der Waals surface area contributed by atoms with E-state index in [0.29, 0.717) is 48.9 Å². The fraction of sp³-hybridized carbons (Fsp3) is 0.407. The number of nitrogens with one attached hydrogen (secondary N) is 2. The van der Waals surface area contributed by atoms with Crippen LogP contribution in [0.1, 0.15) is 17.0 Å². The van der Waals surface area contributed by atoms with Crippen molar-refractivity contribution in [3.05, 3.63) is 71.3 Å². The Bertz CT molecular complexity index is 1240. The van der Waals surface area contributed by atoms with E-state index in [1.807, 2.05) is 6.07 Å². The Labute approximate surface area is 224 Å². The average molecular weight is 548 g/mol. The standard InChI is InChI=1S/C27H32F3N5O4/c1-17-25(35(21-6-4-3-5-7-21)33-26(17)39-16-22(36)13-28)32-27(37)31-24-15-34(8-9-38-2)14-23(24)18-10-19(29)12-20(30)11-18/h3-7,10-12,22-24,36H,8-9,13-16H2,1-2H3,(H2,31,32,37)/t22-,23+,24-/m1/s1. The van der Waals surface area contributed by atoms with Gasteiger partial charge in [0, 0.05) is 38.7 Å². The molecule has 1 saturated heterocycles. The number of ether oxygens (including phenoxy) is 2. The summed E-state index contributed by atoms with van der Waals surface area (Å²) in [5, 5.41) is 19.7. The number of hydrogen-bond donors (Lipinski definition) is 3. The Morgan fingerprint density at radius 3 is 2.56 bits per heavy atom. The quantitative estimate of drug-likeness (QED) is 0.340. The molecule has 2 heterocycles. The van der Waals surface area contributed by atoms with Crippen molar-refractivity contribution in [2.75, 3.05) is 51.9 Å². The predicted molar refractivity (Wildman–Crippen MR) is 139 cm³/mol. The van der Waals surface area contributed by atoms with E-state index in [2.05, 4.69) is 20.6 Å². The number of aliphatic hydroxyl groups excluding tert-OH is 1. The highest BCUT2D eigenvalue weighted by atomic mass is 19.1. The van der Waals surface area contributed by atoms with E-state index >= 15 is 0 Å². The Kier molecular flexibility index (Phi) is 9.44. The van der Waals surface area contributed by atoms with Gasteiger partial charge in [0.25, 0.3) is 0 Å². The SMILES string of the molecule is COCCN1C[C@@H](NC(=O)Nc2c(C)c(OC[C@H](O)CF)nn2-c2ccccc2)[C@H](c2cc(F)cc(F)c2)C1. The van der Waals surface area contributed by atoms with Gasteiger partial charge in [-0.25, -0.2) is 22.6 Å². The lowest BCUT2D eigenvalue weighted by molar-refractivity contribution is 0.0816. The molecular formula is C27H32F3N5O4. The first-order valence-corrected chi connectivity index (χ1v) is 12.6. The number of amides is 2. The first kappa shape index (κ1) is 28.4. The van der Waals surface area contributed by atoms with E-state index in [4.69, 9.17) is 9.47 Å². The van der Waals surface area contributed by atoms with E-state index in [1.165, 1.54) is 16.8 Å². The van der Waals surface area contributed by atoms with E-state index in [-0.39, 0.29) is 18.4 Å². The number of benzene rings is 2. The fourth-order valence-electron chi connectivity index (χ4n) is 4.61. The summed E-state index contributed by atoms with van der Waals surface area (Å²) in [5.41, 5.74) is 1.55. The summed E-state index contributed by atoms with van der Waals surface area (Å²) < 4.78 is 52.9. The maximum Gasteiger partial charge on any atom is 0.320 e. The molecule has 0 bridgehead atoms. The first-order valence-electron chi connectivity index (χ1n) is 12.6.